The van der Waals surface area contributed by atoms with E-state index in [2.05, 4.69) is 18.9 Å². The third kappa shape index (κ3) is 2.85. The fraction of sp³-hybridized carbons (Fsp3) is 0.667. The molecule has 16 heavy (non-hydrogen) atoms. The van der Waals surface area contributed by atoms with Crippen LogP contribution >= 0.6 is 11.6 Å². The van der Waals surface area contributed by atoms with Gasteiger partial charge in [-0.1, -0.05) is 39.3 Å². The SMILES string of the molecule is CC(C)CCn1nc(C(C)C)c(C=O)c1Cl. The summed E-state index contributed by atoms with van der Waals surface area (Å²) in [6.45, 7) is 9.10. The summed E-state index contributed by atoms with van der Waals surface area (Å²) in [6.07, 6.45) is 1.81. The maximum atomic E-state index is 11.0. The molecule has 1 rings (SSSR count). The molecular formula is C12H19ClN2O. The first-order chi connectivity index (χ1) is 7.47. The van der Waals surface area contributed by atoms with Crippen LogP contribution in [0.15, 0.2) is 0 Å². The third-order valence-electron chi connectivity index (χ3n) is 2.54. The van der Waals surface area contributed by atoms with E-state index in [1.165, 1.54) is 0 Å². The second kappa shape index (κ2) is 5.48. The van der Waals surface area contributed by atoms with Crippen molar-refractivity contribution < 1.29 is 4.79 Å². The quantitative estimate of drug-likeness (QED) is 0.741. The van der Waals surface area contributed by atoms with Crippen LogP contribution in [0.4, 0.5) is 0 Å². The highest BCUT2D eigenvalue weighted by Crippen LogP contribution is 2.24. The van der Waals surface area contributed by atoms with Gasteiger partial charge in [0.05, 0.1) is 11.3 Å². The van der Waals surface area contributed by atoms with Gasteiger partial charge in [0.2, 0.25) is 0 Å². The molecule has 0 fully saturated rings. The first kappa shape index (κ1) is 13.2. The topological polar surface area (TPSA) is 34.9 Å². The summed E-state index contributed by atoms with van der Waals surface area (Å²) in [4.78, 5) is 11.0. The van der Waals surface area contributed by atoms with Crippen molar-refractivity contribution in [2.24, 2.45) is 5.92 Å². The zero-order valence-electron chi connectivity index (χ0n) is 10.3. The average Bonchev–Trinajstić information content (AvgIpc) is 2.52. The van der Waals surface area contributed by atoms with Gasteiger partial charge in [-0.25, -0.2) is 0 Å². The Labute approximate surface area is 102 Å². The van der Waals surface area contributed by atoms with Gasteiger partial charge in [0, 0.05) is 6.54 Å². The lowest BCUT2D eigenvalue weighted by atomic mass is 10.1. The van der Waals surface area contributed by atoms with Gasteiger partial charge >= 0.3 is 0 Å². The predicted octanol–water partition coefficient (Wildman–Crippen LogP) is 3.52. The van der Waals surface area contributed by atoms with Crippen molar-refractivity contribution in [3.8, 4) is 0 Å². The largest absolute Gasteiger partial charge is 0.298 e. The highest BCUT2D eigenvalue weighted by Gasteiger charge is 2.17. The van der Waals surface area contributed by atoms with Crippen molar-refractivity contribution in [1.82, 2.24) is 9.78 Å². The van der Waals surface area contributed by atoms with Gasteiger partial charge < -0.3 is 0 Å². The molecule has 0 unspecified atom stereocenters. The number of carbonyl (C=O) groups is 1. The molecule has 4 heteroatoms. The molecule has 0 saturated heterocycles. The predicted molar refractivity (Wildman–Crippen MR) is 66.2 cm³/mol. The summed E-state index contributed by atoms with van der Waals surface area (Å²) in [5, 5.41) is 4.88. The van der Waals surface area contributed by atoms with Crippen LogP contribution in [0.25, 0.3) is 0 Å². The molecule has 3 nitrogen and oxygen atoms in total. The number of aromatic nitrogens is 2. The second-order valence-corrected chi connectivity index (χ2v) is 5.13. The summed E-state index contributed by atoms with van der Waals surface area (Å²) in [5.74, 6) is 0.820. The number of hydrogen-bond acceptors (Lipinski definition) is 2. The van der Waals surface area contributed by atoms with Gasteiger partial charge in [-0.2, -0.15) is 5.10 Å². The number of carbonyl (C=O) groups excluding carboxylic acids is 1. The standard InChI is InChI=1S/C12H19ClN2O/c1-8(2)5-6-15-12(13)10(7-16)11(14-15)9(3)4/h7-9H,5-6H2,1-4H3. The number of aryl methyl sites for hydroxylation is 1. The summed E-state index contributed by atoms with van der Waals surface area (Å²) in [7, 11) is 0. The molecule has 0 aliphatic heterocycles. The van der Waals surface area contributed by atoms with E-state index in [9.17, 15) is 4.79 Å². The number of rotatable bonds is 5. The van der Waals surface area contributed by atoms with Crippen LogP contribution in [-0.2, 0) is 6.54 Å². The molecule has 0 aliphatic rings. The number of hydrogen-bond donors (Lipinski definition) is 0. The molecule has 0 N–H and O–H groups in total. The van der Waals surface area contributed by atoms with E-state index in [0.717, 1.165) is 24.9 Å². The number of nitrogens with zero attached hydrogens (tertiary/aromatic N) is 2. The van der Waals surface area contributed by atoms with Crippen LogP contribution in [0.3, 0.4) is 0 Å². The Kier molecular flexibility index (Phi) is 4.54. The van der Waals surface area contributed by atoms with Gasteiger partial charge in [0.15, 0.2) is 6.29 Å². The molecule has 1 aromatic heterocycles. The molecule has 1 aromatic rings. The molecule has 1 heterocycles. The second-order valence-electron chi connectivity index (χ2n) is 4.77. The Morgan fingerprint density at radius 3 is 2.38 bits per heavy atom. The Balaban J connectivity index is 2.98. The van der Waals surface area contributed by atoms with Crippen LogP contribution in [0.2, 0.25) is 5.15 Å². The lowest BCUT2D eigenvalue weighted by Crippen LogP contribution is -2.04. The first-order valence-electron chi connectivity index (χ1n) is 5.68. The highest BCUT2D eigenvalue weighted by molar-refractivity contribution is 6.32. The van der Waals surface area contributed by atoms with E-state index in [4.69, 9.17) is 11.6 Å². The number of aldehydes is 1. The molecule has 0 atom stereocenters. The number of halogens is 1. The summed E-state index contributed by atoms with van der Waals surface area (Å²) < 4.78 is 1.74. The van der Waals surface area contributed by atoms with E-state index in [1.54, 1.807) is 4.68 Å². The molecule has 0 aromatic carbocycles. The summed E-state index contributed by atoms with van der Waals surface area (Å²) >= 11 is 6.13. The van der Waals surface area contributed by atoms with Crippen molar-refractivity contribution in [2.45, 2.75) is 46.6 Å². The monoisotopic (exact) mass is 242 g/mol. The fourth-order valence-corrected chi connectivity index (χ4v) is 1.80. The Morgan fingerprint density at radius 2 is 2.00 bits per heavy atom. The van der Waals surface area contributed by atoms with E-state index in [-0.39, 0.29) is 5.92 Å². The maximum Gasteiger partial charge on any atom is 0.155 e. The van der Waals surface area contributed by atoms with Gasteiger partial charge in [-0.05, 0) is 18.3 Å². The van der Waals surface area contributed by atoms with E-state index in [1.807, 2.05) is 13.8 Å². The smallest absolute Gasteiger partial charge is 0.155 e. The Hall–Kier alpha value is -0.830. The minimum atomic E-state index is 0.220. The van der Waals surface area contributed by atoms with Crippen LogP contribution < -0.4 is 0 Å². The van der Waals surface area contributed by atoms with Crippen molar-refractivity contribution in [3.63, 3.8) is 0 Å². The molecule has 0 radical (unpaired) electrons. The van der Waals surface area contributed by atoms with Crippen LogP contribution in [0.5, 0.6) is 0 Å². The van der Waals surface area contributed by atoms with Crippen LogP contribution in [0, 0.1) is 5.92 Å². The highest BCUT2D eigenvalue weighted by atomic mass is 35.5. The van der Waals surface area contributed by atoms with E-state index < -0.39 is 0 Å². The van der Waals surface area contributed by atoms with E-state index in [0.29, 0.717) is 16.6 Å². The molecule has 0 aliphatic carbocycles. The first-order valence-corrected chi connectivity index (χ1v) is 6.06. The van der Waals surface area contributed by atoms with Crippen molar-refractivity contribution in [1.29, 1.82) is 0 Å². The van der Waals surface area contributed by atoms with Crippen LogP contribution in [0.1, 0.15) is 56.1 Å². The molecule has 0 spiro atoms. The Morgan fingerprint density at radius 1 is 1.38 bits per heavy atom. The minimum absolute atomic E-state index is 0.220. The molecule has 90 valence electrons. The van der Waals surface area contributed by atoms with E-state index >= 15 is 0 Å². The third-order valence-corrected chi connectivity index (χ3v) is 2.93. The lowest BCUT2D eigenvalue weighted by Gasteiger charge is -2.05. The maximum absolute atomic E-state index is 11.0. The van der Waals surface area contributed by atoms with Gasteiger partial charge in [-0.15, -0.1) is 0 Å². The van der Waals surface area contributed by atoms with Crippen LogP contribution in [-0.4, -0.2) is 16.1 Å². The summed E-state index contributed by atoms with van der Waals surface area (Å²) in [5.41, 5.74) is 1.34. The minimum Gasteiger partial charge on any atom is -0.298 e. The normalized spacial score (nSPS) is 11.4. The Bertz CT molecular complexity index is 369. The van der Waals surface area contributed by atoms with Crippen molar-refractivity contribution in [2.75, 3.05) is 0 Å². The van der Waals surface area contributed by atoms with Gasteiger partial charge in [0.25, 0.3) is 0 Å². The van der Waals surface area contributed by atoms with Crippen molar-refractivity contribution in [3.05, 3.63) is 16.4 Å². The summed E-state index contributed by atoms with van der Waals surface area (Å²) in [6, 6.07) is 0. The molecule has 0 amide bonds. The zero-order valence-corrected chi connectivity index (χ0v) is 11.1. The molecule has 0 saturated carbocycles. The fourth-order valence-electron chi connectivity index (χ4n) is 1.54. The average molecular weight is 243 g/mol. The van der Waals surface area contributed by atoms with Gasteiger partial charge in [0.1, 0.15) is 5.15 Å². The van der Waals surface area contributed by atoms with Gasteiger partial charge in [-0.3, -0.25) is 9.48 Å². The molecule has 0 bridgehead atoms. The zero-order chi connectivity index (χ0) is 12.3. The molecular weight excluding hydrogens is 224 g/mol. The van der Waals surface area contributed by atoms with Crippen molar-refractivity contribution >= 4 is 17.9 Å². The lowest BCUT2D eigenvalue weighted by molar-refractivity contribution is 0.112.